The van der Waals surface area contributed by atoms with E-state index in [9.17, 15) is 18.0 Å². The summed E-state index contributed by atoms with van der Waals surface area (Å²) in [5, 5.41) is 13.4. The Bertz CT molecular complexity index is 802. The Morgan fingerprint density at radius 1 is 1.54 bits per heavy atom. The van der Waals surface area contributed by atoms with Gasteiger partial charge < -0.3 is 9.88 Å². The second-order valence-corrected chi connectivity index (χ2v) is 6.50. The van der Waals surface area contributed by atoms with E-state index in [1.54, 1.807) is 11.4 Å². The number of carbonyl (C=O) groups excluding carboxylic acids is 1. The van der Waals surface area contributed by atoms with Crippen LogP contribution in [0.15, 0.2) is 17.6 Å². The molecule has 1 aliphatic heterocycles. The van der Waals surface area contributed by atoms with Crippen LogP contribution in [0, 0.1) is 17.2 Å². The first kappa shape index (κ1) is 16.5. The van der Waals surface area contributed by atoms with Gasteiger partial charge in [-0.15, -0.1) is 11.3 Å². The lowest BCUT2D eigenvalue weighted by Gasteiger charge is -2.23. The molecule has 3 rings (SSSR count). The minimum atomic E-state index is -4.44. The molecule has 0 spiro atoms. The molecule has 0 bridgehead atoms. The number of rotatable bonds is 3. The molecule has 2 aromatic rings. The zero-order valence-electron chi connectivity index (χ0n) is 12.4. The van der Waals surface area contributed by atoms with E-state index in [1.807, 2.05) is 6.07 Å². The number of imidazole rings is 1. The molecule has 3 heterocycles. The molecule has 0 saturated heterocycles. The fraction of sp³-hybridized carbons (Fsp3) is 0.400. The molecular formula is C15H13F3N4OS. The molecule has 9 heteroatoms. The number of hydrogen-bond acceptors (Lipinski definition) is 4. The molecule has 0 aliphatic carbocycles. The molecule has 1 aliphatic rings. The van der Waals surface area contributed by atoms with Gasteiger partial charge in [0.15, 0.2) is 5.69 Å². The predicted octanol–water partition coefficient (Wildman–Crippen LogP) is 2.83. The number of amides is 1. The smallest absolute Gasteiger partial charge is 0.351 e. The molecular weight excluding hydrogens is 341 g/mol. The summed E-state index contributed by atoms with van der Waals surface area (Å²) >= 11 is 1.19. The maximum atomic E-state index is 12.7. The zero-order chi connectivity index (χ0) is 17.3. The van der Waals surface area contributed by atoms with Crippen LogP contribution in [-0.2, 0) is 19.1 Å². The van der Waals surface area contributed by atoms with E-state index in [0.717, 1.165) is 6.20 Å². The van der Waals surface area contributed by atoms with Gasteiger partial charge >= 0.3 is 6.18 Å². The standard InChI is InChI=1S/C15H13F3N4OS/c16-15(17,18)11-8-22-7-9(1-2-12(22)21-11)6-20-14(23)13-10(5-19)3-4-24-13/h3-4,8-9H,1-2,6-7H2,(H,20,23). The van der Waals surface area contributed by atoms with Crippen molar-refractivity contribution in [3.63, 3.8) is 0 Å². The molecule has 24 heavy (non-hydrogen) atoms. The van der Waals surface area contributed by atoms with E-state index >= 15 is 0 Å². The van der Waals surface area contributed by atoms with Gasteiger partial charge in [0.25, 0.3) is 5.91 Å². The van der Waals surface area contributed by atoms with Crippen molar-refractivity contribution in [3.8, 4) is 6.07 Å². The monoisotopic (exact) mass is 354 g/mol. The van der Waals surface area contributed by atoms with Crippen LogP contribution in [0.3, 0.4) is 0 Å². The fourth-order valence-corrected chi connectivity index (χ4v) is 3.47. The Hall–Kier alpha value is -2.34. The molecule has 5 nitrogen and oxygen atoms in total. The van der Waals surface area contributed by atoms with Gasteiger partial charge in [0.1, 0.15) is 16.8 Å². The number of nitrogens with one attached hydrogen (secondary N) is 1. The molecule has 1 amide bonds. The molecule has 2 aromatic heterocycles. The number of nitrogens with zero attached hydrogens (tertiary/aromatic N) is 3. The number of carbonyl (C=O) groups is 1. The lowest BCUT2D eigenvalue weighted by Crippen LogP contribution is -2.33. The van der Waals surface area contributed by atoms with Crippen LogP contribution in [0.2, 0.25) is 0 Å². The fourth-order valence-electron chi connectivity index (χ4n) is 2.71. The topological polar surface area (TPSA) is 70.7 Å². The summed E-state index contributed by atoms with van der Waals surface area (Å²) in [7, 11) is 0. The van der Waals surface area contributed by atoms with Crippen molar-refractivity contribution in [2.24, 2.45) is 5.92 Å². The van der Waals surface area contributed by atoms with Gasteiger partial charge in [-0.3, -0.25) is 4.79 Å². The maximum Gasteiger partial charge on any atom is 0.434 e. The number of aromatic nitrogens is 2. The second-order valence-electron chi connectivity index (χ2n) is 5.58. The summed E-state index contributed by atoms with van der Waals surface area (Å²) in [4.78, 5) is 16.1. The van der Waals surface area contributed by atoms with Gasteiger partial charge in [0, 0.05) is 25.7 Å². The van der Waals surface area contributed by atoms with Gasteiger partial charge in [0.2, 0.25) is 0 Å². The number of halogens is 3. The number of aryl methyl sites for hydroxylation is 1. The van der Waals surface area contributed by atoms with Crippen molar-refractivity contribution in [1.82, 2.24) is 14.9 Å². The van der Waals surface area contributed by atoms with E-state index < -0.39 is 11.9 Å². The summed E-state index contributed by atoms with van der Waals surface area (Å²) < 4.78 is 39.6. The van der Waals surface area contributed by atoms with Crippen LogP contribution >= 0.6 is 11.3 Å². The quantitative estimate of drug-likeness (QED) is 0.921. The first-order valence-corrected chi connectivity index (χ1v) is 8.15. The van der Waals surface area contributed by atoms with Crippen LogP contribution in [0.5, 0.6) is 0 Å². The van der Waals surface area contributed by atoms with Gasteiger partial charge in [-0.2, -0.15) is 18.4 Å². The van der Waals surface area contributed by atoms with Crippen molar-refractivity contribution in [1.29, 1.82) is 5.26 Å². The summed E-state index contributed by atoms with van der Waals surface area (Å²) in [5.74, 6) is 0.131. The van der Waals surface area contributed by atoms with Crippen molar-refractivity contribution in [2.45, 2.75) is 25.6 Å². The van der Waals surface area contributed by atoms with Crippen LogP contribution in [-0.4, -0.2) is 22.0 Å². The van der Waals surface area contributed by atoms with Crippen molar-refractivity contribution in [3.05, 3.63) is 39.6 Å². The first-order chi connectivity index (χ1) is 11.4. The molecule has 0 radical (unpaired) electrons. The number of thiophene rings is 1. The lowest BCUT2D eigenvalue weighted by atomic mass is 9.99. The minimum Gasteiger partial charge on any atom is -0.351 e. The molecule has 1 atom stereocenters. The minimum absolute atomic E-state index is 0.0298. The van der Waals surface area contributed by atoms with E-state index in [0.29, 0.717) is 42.2 Å². The van der Waals surface area contributed by atoms with E-state index in [2.05, 4.69) is 10.3 Å². The highest BCUT2D eigenvalue weighted by atomic mass is 32.1. The zero-order valence-corrected chi connectivity index (χ0v) is 13.2. The summed E-state index contributed by atoms with van der Waals surface area (Å²) in [6.45, 7) is 0.731. The van der Waals surface area contributed by atoms with E-state index in [-0.39, 0.29) is 11.8 Å². The van der Waals surface area contributed by atoms with Crippen LogP contribution < -0.4 is 5.32 Å². The van der Waals surface area contributed by atoms with Gasteiger partial charge in [-0.05, 0) is 23.8 Å². The Labute approximate surface area is 139 Å². The lowest BCUT2D eigenvalue weighted by molar-refractivity contribution is -0.141. The summed E-state index contributed by atoms with van der Waals surface area (Å²) in [6, 6.07) is 3.53. The van der Waals surface area contributed by atoms with E-state index in [1.165, 1.54) is 15.9 Å². The third kappa shape index (κ3) is 3.28. The predicted molar refractivity (Wildman–Crippen MR) is 80.4 cm³/mol. The molecule has 1 N–H and O–H groups in total. The summed E-state index contributed by atoms with van der Waals surface area (Å²) in [6.07, 6.45) is -2.32. The number of nitriles is 1. The van der Waals surface area contributed by atoms with Gasteiger partial charge in [-0.25, -0.2) is 4.98 Å². The summed E-state index contributed by atoms with van der Waals surface area (Å²) in [5.41, 5.74) is -0.549. The van der Waals surface area contributed by atoms with Crippen molar-refractivity contribution >= 4 is 17.2 Å². The highest BCUT2D eigenvalue weighted by Crippen LogP contribution is 2.30. The Kier molecular flexibility index (Phi) is 4.32. The molecule has 1 unspecified atom stereocenters. The first-order valence-electron chi connectivity index (χ1n) is 7.27. The number of fused-ring (bicyclic) bond motifs is 1. The molecule has 0 saturated carbocycles. The third-order valence-electron chi connectivity index (χ3n) is 3.92. The Morgan fingerprint density at radius 2 is 2.33 bits per heavy atom. The largest absolute Gasteiger partial charge is 0.434 e. The molecule has 126 valence electrons. The Morgan fingerprint density at radius 3 is 3.04 bits per heavy atom. The second kappa shape index (κ2) is 6.28. The Balaban J connectivity index is 1.61. The van der Waals surface area contributed by atoms with Crippen LogP contribution in [0.4, 0.5) is 13.2 Å². The average molecular weight is 354 g/mol. The van der Waals surface area contributed by atoms with E-state index in [4.69, 9.17) is 5.26 Å². The van der Waals surface area contributed by atoms with Crippen LogP contribution in [0.1, 0.15) is 33.2 Å². The van der Waals surface area contributed by atoms with Gasteiger partial charge in [-0.1, -0.05) is 0 Å². The molecule has 0 aromatic carbocycles. The van der Waals surface area contributed by atoms with Crippen molar-refractivity contribution in [2.75, 3.05) is 6.54 Å². The number of hydrogen-bond donors (Lipinski definition) is 1. The SMILES string of the molecule is N#Cc1ccsc1C(=O)NCC1CCc2nc(C(F)(F)F)cn2C1. The normalized spacial score (nSPS) is 17.2. The highest BCUT2D eigenvalue weighted by molar-refractivity contribution is 7.12. The third-order valence-corrected chi connectivity index (χ3v) is 4.84. The van der Waals surface area contributed by atoms with Crippen LogP contribution in [0.25, 0.3) is 0 Å². The van der Waals surface area contributed by atoms with Crippen molar-refractivity contribution < 1.29 is 18.0 Å². The average Bonchev–Trinajstić information content (AvgIpc) is 3.17. The number of alkyl halides is 3. The van der Waals surface area contributed by atoms with Gasteiger partial charge in [0.05, 0.1) is 5.56 Å². The highest BCUT2D eigenvalue weighted by Gasteiger charge is 2.35. The molecule has 0 fully saturated rings. The maximum absolute atomic E-state index is 12.7.